The van der Waals surface area contributed by atoms with Crippen LogP contribution in [0.25, 0.3) is 0 Å². The van der Waals surface area contributed by atoms with Crippen LogP contribution >= 0.6 is 12.4 Å². The normalized spacial score (nSPS) is 10.9. The minimum absolute atomic E-state index is 0. The Bertz CT molecular complexity index is 432. The molecule has 8 heteroatoms. The van der Waals surface area contributed by atoms with Gasteiger partial charge in [-0.05, 0) is 11.6 Å². The molecule has 0 aromatic heterocycles. The number of carbonyl (C=O) groups is 1. The third kappa shape index (κ3) is 3.55. The summed E-state index contributed by atoms with van der Waals surface area (Å²) in [5, 5.41) is 0. The second-order valence-electron chi connectivity index (χ2n) is 3.03. The van der Waals surface area contributed by atoms with Gasteiger partial charge in [0.15, 0.2) is 5.82 Å². The number of halogens is 6. The summed E-state index contributed by atoms with van der Waals surface area (Å²) in [5.74, 6) is -4.53. The summed E-state index contributed by atoms with van der Waals surface area (Å²) in [5.41, 5.74) is 3.45. The summed E-state index contributed by atoms with van der Waals surface area (Å²) in [6.07, 6.45) is -6.24. The zero-order valence-corrected chi connectivity index (χ0v) is 8.96. The van der Waals surface area contributed by atoms with Crippen molar-refractivity contribution in [1.82, 2.24) is 0 Å². The van der Waals surface area contributed by atoms with E-state index in [2.05, 4.69) is 0 Å². The molecule has 0 aliphatic rings. The average molecular weight is 276 g/mol. The molecule has 0 saturated carbocycles. The van der Waals surface area contributed by atoms with Gasteiger partial charge in [0.05, 0.1) is 0 Å². The fourth-order valence-electron chi connectivity index (χ4n) is 1.02. The van der Waals surface area contributed by atoms with Crippen molar-refractivity contribution in [3.63, 3.8) is 0 Å². The Morgan fingerprint density at radius 3 is 2.24 bits per heavy atom. The van der Waals surface area contributed by atoms with Gasteiger partial charge >= 0.3 is 6.18 Å². The van der Waals surface area contributed by atoms with Crippen LogP contribution in [0, 0.1) is 11.6 Å². The van der Waals surface area contributed by atoms with Gasteiger partial charge in [-0.15, -0.1) is 12.4 Å². The maximum Gasteiger partial charge on any atom is 0.450 e. The van der Waals surface area contributed by atoms with E-state index in [0.717, 1.165) is 6.07 Å². The zero-order valence-electron chi connectivity index (χ0n) is 8.15. The fourth-order valence-corrected chi connectivity index (χ4v) is 1.02. The second-order valence-corrected chi connectivity index (χ2v) is 3.03. The molecule has 1 rings (SSSR count). The van der Waals surface area contributed by atoms with E-state index >= 15 is 0 Å². The molecule has 0 atom stereocenters. The van der Waals surface area contributed by atoms with Gasteiger partial charge in [-0.2, -0.15) is 13.2 Å². The molecule has 0 radical (unpaired) electrons. The van der Waals surface area contributed by atoms with Gasteiger partial charge in [0.1, 0.15) is 11.5 Å². The Labute approximate surface area is 99.0 Å². The number of benzene rings is 1. The first kappa shape index (κ1) is 15.6. The van der Waals surface area contributed by atoms with Crippen molar-refractivity contribution >= 4 is 23.9 Å². The number of alkyl halides is 3. The maximum absolute atomic E-state index is 13.1. The van der Waals surface area contributed by atoms with E-state index in [1.54, 1.807) is 0 Å². The van der Waals surface area contributed by atoms with Gasteiger partial charge < -0.3 is 5.73 Å². The standard InChI is InChI=1S/C9H6F5NO.ClH/c10-5-2-1-4(7(11)8(5)15)3-6(16)9(12,13)14;/h1-2H,3,15H2;1H. The molecular weight excluding hydrogens is 269 g/mol. The average Bonchev–Trinajstić information content (AvgIpc) is 2.17. The maximum atomic E-state index is 13.1. The smallest absolute Gasteiger partial charge is 0.394 e. The minimum atomic E-state index is -5.05. The zero-order chi connectivity index (χ0) is 12.5. The van der Waals surface area contributed by atoms with Crippen LogP contribution in [0.5, 0.6) is 0 Å². The minimum Gasteiger partial charge on any atom is -0.394 e. The molecule has 0 aliphatic heterocycles. The van der Waals surface area contributed by atoms with E-state index in [9.17, 15) is 26.7 Å². The van der Waals surface area contributed by atoms with Crippen LogP contribution < -0.4 is 5.73 Å². The lowest BCUT2D eigenvalue weighted by Crippen LogP contribution is -2.25. The molecule has 0 saturated heterocycles. The van der Waals surface area contributed by atoms with Crippen molar-refractivity contribution in [3.8, 4) is 0 Å². The van der Waals surface area contributed by atoms with E-state index in [4.69, 9.17) is 5.73 Å². The summed E-state index contributed by atoms with van der Waals surface area (Å²) in [4.78, 5) is 10.6. The summed E-state index contributed by atoms with van der Waals surface area (Å²) >= 11 is 0. The molecule has 0 heterocycles. The Kier molecular flexibility index (Phi) is 4.88. The van der Waals surface area contributed by atoms with E-state index in [1.807, 2.05) is 0 Å². The summed E-state index contributed by atoms with van der Waals surface area (Å²) in [7, 11) is 0. The molecule has 0 unspecified atom stereocenters. The van der Waals surface area contributed by atoms with E-state index in [1.165, 1.54) is 0 Å². The van der Waals surface area contributed by atoms with E-state index in [0.29, 0.717) is 6.07 Å². The second kappa shape index (κ2) is 5.31. The lowest BCUT2D eigenvalue weighted by Gasteiger charge is -2.07. The van der Waals surface area contributed by atoms with Crippen LogP contribution in [-0.2, 0) is 11.2 Å². The van der Waals surface area contributed by atoms with Crippen molar-refractivity contribution in [3.05, 3.63) is 29.3 Å². The number of Topliss-reactive ketones (excluding diaryl/α,β-unsaturated/α-hetero) is 1. The molecule has 17 heavy (non-hydrogen) atoms. The Hall–Kier alpha value is -1.37. The number of hydrogen-bond acceptors (Lipinski definition) is 2. The molecule has 2 nitrogen and oxygen atoms in total. The first-order chi connectivity index (χ1) is 7.23. The van der Waals surface area contributed by atoms with Crippen LogP contribution in [0.1, 0.15) is 5.56 Å². The Balaban J connectivity index is 0.00000256. The van der Waals surface area contributed by atoms with Gasteiger partial charge in [0.2, 0.25) is 5.78 Å². The number of ketones is 1. The lowest BCUT2D eigenvalue weighted by atomic mass is 10.1. The molecule has 0 fully saturated rings. The molecule has 0 spiro atoms. The van der Waals surface area contributed by atoms with Gasteiger partial charge in [0, 0.05) is 6.42 Å². The number of rotatable bonds is 2. The van der Waals surface area contributed by atoms with E-state index < -0.39 is 41.3 Å². The van der Waals surface area contributed by atoms with Crippen LogP contribution in [0.3, 0.4) is 0 Å². The number of nitrogens with two attached hydrogens (primary N) is 1. The molecular formula is C9H7ClF5NO. The summed E-state index contributed by atoms with van der Waals surface area (Å²) < 4.78 is 61.4. The van der Waals surface area contributed by atoms with Crippen molar-refractivity contribution in [2.45, 2.75) is 12.6 Å². The highest BCUT2D eigenvalue weighted by molar-refractivity contribution is 5.86. The SMILES string of the molecule is Cl.Nc1c(F)ccc(CC(=O)C(F)(F)F)c1F. The molecule has 0 aliphatic carbocycles. The largest absolute Gasteiger partial charge is 0.450 e. The van der Waals surface area contributed by atoms with Gasteiger partial charge in [-0.3, -0.25) is 4.79 Å². The highest BCUT2D eigenvalue weighted by Gasteiger charge is 2.38. The molecule has 96 valence electrons. The number of anilines is 1. The topological polar surface area (TPSA) is 43.1 Å². The summed E-state index contributed by atoms with van der Waals surface area (Å²) in [6, 6.07) is 1.46. The molecule has 0 bridgehead atoms. The predicted octanol–water partition coefficient (Wildman–Crippen LogP) is 2.64. The molecule has 1 aromatic rings. The fraction of sp³-hybridized carbons (Fsp3) is 0.222. The lowest BCUT2D eigenvalue weighted by molar-refractivity contribution is -0.170. The quantitative estimate of drug-likeness (QED) is 0.666. The predicted molar refractivity (Wildman–Crippen MR) is 52.8 cm³/mol. The van der Waals surface area contributed by atoms with Crippen LogP contribution in [-0.4, -0.2) is 12.0 Å². The van der Waals surface area contributed by atoms with Gasteiger partial charge in [-0.25, -0.2) is 8.78 Å². The van der Waals surface area contributed by atoms with Crippen LogP contribution in [0.15, 0.2) is 12.1 Å². The first-order valence-electron chi connectivity index (χ1n) is 4.06. The number of nitrogen functional groups attached to an aromatic ring is 1. The van der Waals surface area contributed by atoms with E-state index in [-0.39, 0.29) is 12.4 Å². The first-order valence-corrected chi connectivity index (χ1v) is 4.06. The Morgan fingerprint density at radius 2 is 1.76 bits per heavy atom. The van der Waals surface area contributed by atoms with Crippen molar-refractivity contribution in [2.24, 2.45) is 0 Å². The van der Waals surface area contributed by atoms with Crippen molar-refractivity contribution in [1.29, 1.82) is 0 Å². The summed E-state index contributed by atoms with van der Waals surface area (Å²) in [6.45, 7) is 0. The number of carbonyl (C=O) groups excluding carboxylic acids is 1. The highest BCUT2D eigenvalue weighted by atomic mass is 35.5. The highest BCUT2D eigenvalue weighted by Crippen LogP contribution is 2.23. The van der Waals surface area contributed by atoms with Crippen LogP contribution in [0.4, 0.5) is 27.6 Å². The van der Waals surface area contributed by atoms with Gasteiger partial charge in [0.25, 0.3) is 0 Å². The van der Waals surface area contributed by atoms with Crippen molar-refractivity contribution in [2.75, 3.05) is 5.73 Å². The number of hydrogen-bond donors (Lipinski definition) is 1. The van der Waals surface area contributed by atoms with Gasteiger partial charge in [-0.1, -0.05) is 6.07 Å². The van der Waals surface area contributed by atoms with Crippen LogP contribution in [0.2, 0.25) is 0 Å². The van der Waals surface area contributed by atoms with Crippen molar-refractivity contribution < 1.29 is 26.7 Å². The molecule has 2 N–H and O–H groups in total. The molecule has 0 amide bonds. The monoisotopic (exact) mass is 275 g/mol. The Morgan fingerprint density at radius 1 is 1.24 bits per heavy atom. The third-order valence-electron chi connectivity index (χ3n) is 1.87. The third-order valence-corrected chi connectivity index (χ3v) is 1.87. The molecule has 1 aromatic carbocycles.